The van der Waals surface area contributed by atoms with Gasteiger partial charge in [-0.25, -0.2) is 0 Å². The van der Waals surface area contributed by atoms with E-state index in [1.54, 1.807) is 0 Å². The summed E-state index contributed by atoms with van der Waals surface area (Å²) in [7, 11) is 0. The second-order valence-electron chi connectivity index (χ2n) is 9.58. The largest absolute Gasteiger partial charge is 0.550 e. The van der Waals surface area contributed by atoms with Crippen molar-refractivity contribution >= 4 is 17.9 Å². The normalized spacial score (nSPS) is 11.8. The number of unbranched alkanes of at least 4 members (excludes halogenated alkanes) is 9. The summed E-state index contributed by atoms with van der Waals surface area (Å²) >= 11 is 0. The molecule has 0 heterocycles. The van der Waals surface area contributed by atoms with Crippen LogP contribution in [0, 0.1) is 0 Å². The van der Waals surface area contributed by atoms with Crippen molar-refractivity contribution < 1.29 is 34.2 Å². The number of carboxylic acids is 3. The molecule has 0 aromatic heterocycles. The van der Waals surface area contributed by atoms with E-state index in [9.17, 15) is 19.5 Å². The predicted molar refractivity (Wildman–Crippen MR) is 133 cm³/mol. The molecule has 7 nitrogen and oxygen atoms in total. The average molecular weight is 484 g/mol. The molecule has 2 N–H and O–H groups in total. The molecular weight excluding hydrogens is 434 g/mol. The van der Waals surface area contributed by atoms with Crippen molar-refractivity contribution in [1.29, 1.82) is 0 Å². The zero-order valence-electron chi connectivity index (χ0n) is 21.5. The van der Waals surface area contributed by atoms with Gasteiger partial charge in [0, 0.05) is 25.2 Å². The van der Waals surface area contributed by atoms with Crippen molar-refractivity contribution in [2.24, 2.45) is 0 Å². The molecule has 0 aliphatic heterocycles. The molecule has 0 unspecified atom stereocenters. The first-order chi connectivity index (χ1) is 16.3. The Morgan fingerprint density at radius 3 is 1.50 bits per heavy atom. The minimum atomic E-state index is -1.08. The highest BCUT2D eigenvalue weighted by molar-refractivity contribution is 5.66. The fourth-order valence-corrected chi connectivity index (χ4v) is 4.53. The second kappa shape index (κ2) is 21.6. The van der Waals surface area contributed by atoms with E-state index in [-0.39, 0.29) is 19.3 Å². The van der Waals surface area contributed by atoms with Gasteiger partial charge in [0.25, 0.3) is 0 Å². The van der Waals surface area contributed by atoms with E-state index in [4.69, 9.17) is 10.2 Å². The number of aliphatic carboxylic acids is 3. The van der Waals surface area contributed by atoms with Gasteiger partial charge < -0.3 is 24.6 Å². The number of rotatable bonds is 25. The number of hydrogen-bond acceptors (Lipinski definition) is 4. The van der Waals surface area contributed by atoms with Gasteiger partial charge in [0.05, 0.1) is 39.0 Å². The first-order valence-electron chi connectivity index (χ1n) is 13.4. The SMILES string of the molecule is CCCCCCCC/C=C/CCCCC[N+](CCCC(=O)[O-])(CCCC(=O)O)CCCC(=O)O. The summed E-state index contributed by atoms with van der Waals surface area (Å²) in [4.78, 5) is 32.9. The highest BCUT2D eigenvalue weighted by Gasteiger charge is 2.26. The zero-order valence-corrected chi connectivity index (χ0v) is 21.5. The van der Waals surface area contributed by atoms with Gasteiger partial charge in [-0.2, -0.15) is 0 Å². The summed E-state index contributed by atoms with van der Waals surface area (Å²) in [5, 5.41) is 29.0. The van der Waals surface area contributed by atoms with Crippen LogP contribution in [0.15, 0.2) is 12.2 Å². The Balaban J connectivity index is 4.51. The summed E-state index contributed by atoms with van der Waals surface area (Å²) in [6, 6.07) is 0. The third kappa shape index (κ3) is 20.7. The molecule has 0 amide bonds. The number of quaternary nitrogens is 1. The lowest BCUT2D eigenvalue weighted by atomic mass is 10.1. The lowest BCUT2D eigenvalue weighted by Gasteiger charge is -2.39. The Morgan fingerprint density at radius 1 is 0.618 bits per heavy atom. The van der Waals surface area contributed by atoms with Gasteiger partial charge in [0.1, 0.15) is 0 Å². The van der Waals surface area contributed by atoms with E-state index in [0.717, 1.165) is 38.6 Å². The molecule has 0 saturated carbocycles. The highest BCUT2D eigenvalue weighted by atomic mass is 16.4. The maximum absolute atomic E-state index is 11.0. The first-order valence-corrected chi connectivity index (χ1v) is 13.4. The molecule has 0 radical (unpaired) electrons. The Bertz CT molecular complexity index is 525. The Labute approximate surface area is 206 Å². The number of carbonyl (C=O) groups is 3. The maximum atomic E-state index is 11.0. The van der Waals surface area contributed by atoms with Gasteiger partial charge in [0.2, 0.25) is 0 Å². The number of carboxylic acid groups (broad SMARTS) is 3. The van der Waals surface area contributed by atoms with Crippen molar-refractivity contribution in [1.82, 2.24) is 0 Å². The molecule has 0 aromatic rings. The van der Waals surface area contributed by atoms with Crippen molar-refractivity contribution in [2.45, 2.75) is 116 Å². The maximum Gasteiger partial charge on any atom is 0.303 e. The lowest BCUT2D eigenvalue weighted by molar-refractivity contribution is -0.929. The Hall–Kier alpha value is -1.89. The van der Waals surface area contributed by atoms with Crippen LogP contribution in [0.25, 0.3) is 0 Å². The molecule has 0 fully saturated rings. The van der Waals surface area contributed by atoms with Crippen molar-refractivity contribution in [3.8, 4) is 0 Å². The van der Waals surface area contributed by atoms with Gasteiger partial charge in [-0.1, -0.05) is 51.2 Å². The highest BCUT2D eigenvalue weighted by Crippen LogP contribution is 2.18. The van der Waals surface area contributed by atoms with Gasteiger partial charge in [-0.05, 0) is 44.9 Å². The molecular formula is C27H49NO6. The van der Waals surface area contributed by atoms with Crippen LogP contribution < -0.4 is 5.11 Å². The van der Waals surface area contributed by atoms with E-state index in [2.05, 4.69) is 19.1 Å². The van der Waals surface area contributed by atoms with Crippen LogP contribution in [0.3, 0.4) is 0 Å². The van der Waals surface area contributed by atoms with Crippen molar-refractivity contribution in [2.75, 3.05) is 26.2 Å². The summed E-state index contributed by atoms with van der Waals surface area (Å²) in [5.74, 6) is -2.76. The molecule has 0 saturated heterocycles. The zero-order chi connectivity index (χ0) is 25.5. The van der Waals surface area contributed by atoms with Gasteiger partial charge in [-0.15, -0.1) is 0 Å². The van der Waals surface area contributed by atoms with E-state index in [1.165, 1.54) is 38.5 Å². The van der Waals surface area contributed by atoms with Crippen molar-refractivity contribution in [3.05, 3.63) is 12.2 Å². The van der Waals surface area contributed by atoms with Gasteiger partial charge >= 0.3 is 11.9 Å². The second-order valence-corrected chi connectivity index (χ2v) is 9.58. The van der Waals surface area contributed by atoms with Crippen LogP contribution in [0.5, 0.6) is 0 Å². The molecule has 0 aliphatic rings. The number of carbonyl (C=O) groups excluding carboxylic acids is 1. The molecule has 0 aliphatic carbocycles. The molecule has 198 valence electrons. The first kappa shape index (κ1) is 32.1. The summed E-state index contributed by atoms with van der Waals surface area (Å²) in [5.41, 5.74) is 0. The standard InChI is InChI=1S/C27H49NO6/c1-2-3-4-5-6-7-8-9-10-11-12-13-14-21-28(22-15-18-25(29)30,23-16-19-26(31)32)24-17-20-27(33)34/h9-10H,2-8,11-24H2,1H3,(H2-,29,30,31,32,33,34)/b10-9+. The number of hydrogen-bond donors (Lipinski definition) is 2. The van der Waals surface area contributed by atoms with Crippen molar-refractivity contribution in [3.63, 3.8) is 0 Å². The summed E-state index contributed by atoms with van der Waals surface area (Å²) in [6.45, 7) is 4.95. The van der Waals surface area contributed by atoms with Crippen LogP contribution in [0.1, 0.15) is 116 Å². The molecule has 0 aromatic carbocycles. The van der Waals surface area contributed by atoms with E-state index in [1.807, 2.05) is 0 Å². The van der Waals surface area contributed by atoms with Crippen LogP contribution in [-0.2, 0) is 14.4 Å². The lowest BCUT2D eigenvalue weighted by Crippen LogP contribution is -2.51. The minimum Gasteiger partial charge on any atom is -0.550 e. The molecule has 0 rings (SSSR count). The molecule has 0 spiro atoms. The smallest absolute Gasteiger partial charge is 0.303 e. The van der Waals surface area contributed by atoms with Crippen LogP contribution in [-0.4, -0.2) is 58.8 Å². The monoisotopic (exact) mass is 483 g/mol. The van der Waals surface area contributed by atoms with E-state index in [0.29, 0.717) is 43.4 Å². The molecule has 34 heavy (non-hydrogen) atoms. The summed E-state index contributed by atoms with van der Waals surface area (Å²) in [6.07, 6.45) is 19.4. The fourth-order valence-electron chi connectivity index (χ4n) is 4.53. The topological polar surface area (TPSA) is 115 Å². The molecule has 7 heteroatoms. The van der Waals surface area contributed by atoms with Crippen LogP contribution in [0.4, 0.5) is 0 Å². The van der Waals surface area contributed by atoms with Crippen LogP contribution in [0.2, 0.25) is 0 Å². The molecule has 0 bridgehead atoms. The van der Waals surface area contributed by atoms with E-state index >= 15 is 0 Å². The third-order valence-electron chi connectivity index (χ3n) is 6.45. The fraction of sp³-hybridized carbons (Fsp3) is 0.815. The van der Waals surface area contributed by atoms with E-state index < -0.39 is 17.9 Å². The number of nitrogens with zero attached hydrogens (tertiary/aromatic N) is 1. The number of allylic oxidation sites excluding steroid dienone is 2. The average Bonchev–Trinajstić information content (AvgIpc) is 2.76. The Morgan fingerprint density at radius 2 is 1.03 bits per heavy atom. The minimum absolute atomic E-state index is 0.0265. The molecule has 0 atom stereocenters. The quantitative estimate of drug-likeness (QED) is 0.108. The van der Waals surface area contributed by atoms with Gasteiger partial charge in [-0.3, -0.25) is 9.59 Å². The Kier molecular flexibility index (Phi) is 20.4. The third-order valence-corrected chi connectivity index (χ3v) is 6.45. The predicted octanol–water partition coefficient (Wildman–Crippen LogP) is 4.93. The van der Waals surface area contributed by atoms with Crippen LogP contribution >= 0.6 is 0 Å². The van der Waals surface area contributed by atoms with Gasteiger partial charge in [0.15, 0.2) is 0 Å². The summed E-state index contributed by atoms with van der Waals surface area (Å²) < 4.78 is 0.599.